The van der Waals surface area contributed by atoms with E-state index in [9.17, 15) is 8.42 Å². The number of hydrogen-bond acceptors (Lipinski definition) is 4. The number of nitrogens with two attached hydrogens (primary N) is 1. The highest BCUT2D eigenvalue weighted by Crippen LogP contribution is 2.01. The van der Waals surface area contributed by atoms with Gasteiger partial charge in [0.05, 0.1) is 11.9 Å². The maximum Gasteiger partial charge on any atom is 0.343 e. The minimum Gasteiger partial charge on any atom is -0.395 e. The van der Waals surface area contributed by atoms with E-state index in [1.54, 1.807) is 0 Å². The molecule has 0 aromatic rings. The van der Waals surface area contributed by atoms with Crippen LogP contribution in [-0.2, 0) is 10.2 Å². The minimum absolute atomic E-state index is 0.0998. The topological polar surface area (TPSA) is 96.6 Å². The second kappa shape index (κ2) is 3.25. The van der Waals surface area contributed by atoms with Gasteiger partial charge in [-0.15, -0.1) is 0 Å². The van der Waals surface area contributed by atoms with Crippen LogP contribution in [0.25, 0.3) is 0 Å². The lowest BCUT2D eigenvalue weighted by Gasteiger charge is -2.18. The molecule has 13 heavy (non-hydrogen) atoms. The monoisotopic (exact) mass is 204 g/mol. The molecule has 0 aliphatic carbocycles. The van der Waals surface area contributed by atoms with E-state index in [1.807, 2.05) is 13.8 Å². The van der Waals surface area contributed by atoms with Gasteiger partial charge in [-0.1, -0.05) is 0 Å². The molecule has 7 heteroatoms. The van der Waals surface area contributed by atoms with E-state index in [0.29, 0.717) is 0 Å². The fourth-order valence-electron chi connectivity index (χ4n) is 0.806. The van der Waals surface area contributed by atoms with Gasteiger partial charge < -0.3 is 11.1 Å². The van der Waals surface area contributed by atoms with Gasteiger partial charge in [-0.25, -0.2) is 4.72 Å². The summed E-state index contributed by atoms with van der Waals surface area (Å²) in [5.41, 5.74) is 5.77. The maximum absolute atomic E-state index is 10.9. The zero-order valence-electron chi connectivity index (χ0n) is 7.40. The average molecular weight is 204 g/mol. The molecule has 0 saturated carbocycles. The molecule has 0 fully saturated rings. The predicted molar refractivity (Wildman–Crippen MR) is 50.0 cm³/mol. The molecule has 0 aromatic heterocycles. The van der Waals surface area contributed by atoms with Crippen molar-refractivity contribution in [1.82, 2.24) is 10.0 Å². The Kier molecular flexibility index (Phi) is 2.46. The van der Waals surface area contributed by atoms with Gasteiger partial charge in [0, 0.05) is 6.04 Å². The third-order valence-corrected chi connectivity index (χ3v) is 2.13. The Balaban J connectivity index is 2.89. The van der Waals surface area contributed by atoms with Crippen LogP contribution in [0.15, 0.2) is 15.9 Å². The zero-order chi connectivity index (χ0) is 10.1. The lowest BCUT2D eigenvalue weighted by atomic mass is 10.4. The summed E-state index contributed by atoms with van der Waals surface area (Å²) in [5.74, 6) is 0.282. The quantitative estimate of drug-likeness (QED) is 0.539. The molecule has 1 rings (SSSR count). The van der Waals surface area contributed by atoms with Crippen molar-refractivity contribution in [2.45, 2.75) is 19.9 Å². The predicted octanol–water partition coefficient (Wildman–Crippen LogP) is -0.969. The van der Waals surface area contributed by atoms with Crippen molar-refractivity contribution in [2.24, 2.45) is 10.1 Å². The summed E-state index contributed by atoms with van der Waals surface area (Å²) in [4.78, 5) is 0. The van der Waals surface area contributed by atoms with Gasteiger partial charge in [0.25, 0.3) is 0 Å². The van der Waals surface area contributed by atoms with Crippen molar-refractivity contribution >= 4 is 16.4 Å². The number of allylic oxidation sites excluding steroid dienone is 1. The highest BCUT2D eigenvalue weighted by molar-refractivity contribution is 7.88. The largest absolute Gasteiger partial charge is 0.395 e. The molecule has 0 bridgehead atoms. The summed E-state index contributed by atoms with van der Waals surface area (Å²) >= 11 is 0. The Morgan fingerprint density at radius 3 is 2.77 bits per heavy atom. The van der Waals surface area contributed by atoms with E-state index in [1.165, 1.54) is 0 Å². The smallest absolute Gasteiger partial charge is 0.343 e. The summed E-state index contributed by atoms with van der Waals surface area (Å²) in [5, 5.41) is 2.86. The summed E-state index contributed by atoms with van der Waals surface area (Å²) in [6.07, 6.45) is 1.11. The number of nitrogens with zero attached hydrogens (tertiary/aromatic N) is 1. The molecule has 0 radical (unpaired) electrons. The summed E-state index contributed by atoms with van der Waals surface area (Å²) in [7, 11) is -3.59. The van der Waals surface area contributed by atoms with E-state index in [4.69, 9.17) is 5.73 Å². The molecule has 0 spiro atoms. The van der Waals surface area contributed by atoms with Crippen molar-refractivity contribution < 1.29 is 8.42 Å². The first kappa shape index (κ1) is 9.85. The molecule has 0 amide bonds. The Hall–Kier alpha value is -1.24. The molecule has 1 heterocycles. The lowest BCUT2D eigenvalue weighted by Crippen LogP contribution is -2.39. The van der Waals surface area contributed by atoms with Crippen LogP contribution in [0.4, 0.5) is 0 Å². The van der Waals surface area contributed by atoms with E-state index in [2.05, 4.69) is 14.4 Å². The first-order valence-corrected chi connectivity index (χ1v) is 5.19. The summed E-state index contributed by atoms with van der Waals surface area (Å²) in [6, 6.07) is 0.0998. The number of hydrogen-bond donors (Lipinski definition) is 3. The highest BCUT2D eigenvalue weighted by atomic mass is 32.2. The van der Waals surface area contributed by atoms with E-state index >= 15 is 0 Å². The molecular formula is C6H12N4O2S. The molecule has 1 aliphatic rings. The first-order valence-electron chi connectivity index (χ1n) is 3.75. The fraction of sp³-hybridized carbons (Fsp3) is 0.500. The van der Waals surface area contributed by atoms with Crippen LogP contribution >= 0.6 is 0 Å². The molecule has 74 valence electrons. The number of rotatable bonds is 2. The Bertz CT molecular complexity index is 355. The SMILES string of the molecule is CC(C)NC1=C(N)C=NS(=O)(=O)N1. The number of nitrogens with one attached hydrogen (secondary N) is 2. The van der Waals surface area contributed by atoms with Gasteiger partial charge in [-0.05, 0) is 13.8 Å². The van der Waals surface area contributed by atoms with Crippen LogP contribution < -0.4 is 15.8 Å². The Morgan fingerprint density at radius 2 is 2.23 bits per heavy atom. The van der Waals surface area contributed by atoms with E-state index < -0.39 is 10.2 Å². The van der Waals surface area contributed by atoms with Gasteiger partial charge in [0.2, 0.25) is 0 Å². The molecule has 0 unspecified atom stereocenters. The highest BCUT2D eigenvalue weighted by Gasteiger charge is 2.16. The second-order valence-electron chi connectivity index (χ2n) is 2.94. The van der Waals surface area contributed by atoms with Gasteiger partial charge >= 0.3 is 10.2 Å². The van der Waals surface area contributed by atoms with Gasteiger partial charge in [0.1, 0.15) is 5.82 Å². The van der Waals surface area contributed by atoms with E-state index in [0.717, 1.165) is 6.21 Å². The molecule has 0 aromatic carbocycles. The fourth-order valence-corrected chi connectivity index (χ4v) is 1.55. The van der Waals surface area contributed by atoms with Crippen LogP contribution in [0.5, 0.6) is 0 Å². The Morgan fingerprint density at radius 1 is 1.62 bits per heavy atom. The van der Waals surface area contributed by atoms with Crippen LogP contribution in [0, 0.1) is 0 Å². The van der Waals surface area contributed by atoms with Crippen molar-refractivity contribution in [3.63, 3.8) is 0 Å². The third kappa shape index (κ3) is 2.62. The average Bonchev–Trinajstić information content (AvgIpc) is 1.95. The first-order chi connectivity index (χ1) is 5.91. The molecule has 0 atom stereocenters. The van der Waals surface area contributed by atoms with Gasteiger partial charge in [-0.2, -0.15) is 12.8 Å². The van der Waals surface area contributed by atoms with Crippen molar-refractivity contribution in [3.05, 3.63) is 11.5 Å². The lowest BCUT2D eigenvalue weighted by molar-refractivity contribution is 0.577. The van der Waals surface area contributed by atoms with E-state index in [-0.39, 0.29) is 17.6 Å². The van der Waals surface area contributed by atoms with Crippen molar-refractivity contribution in [3.8, 4) is 0 Å². The van der Waals surface area contributed by atoms with Crippen molar-refractivity contribution in [1.29, 1.82) is 0 Å². The minimum atomic E-state index is -3.59. The summed E-state index contributed by atoms with van der Waals surface area (Å²) in [6.45, 7) is 3.75. The normalized spacial score (nSPS) is 20.2. The van der Waals surface area contributed by atoms with Gasteiger partial charge in [0.15, 0.2) is 0 Å². The molecule has 4 N–H and O–H groups in total. The molecular weight excluding hydrogens is 192 g/mol. The van der Waals surface area contributed by atoms with Crippen molar-refractivity contribution in [2.75, 3.05) is 0 Å². The second-order valence-corrected chi connectivity index (χ2v) is 4.31. The molecule has 1 aliphatic heterocycles. The van der Waals surface area contributed by atoms with Crippen LogP contribution in [0.3, 0.4) is 0 Å². The molecule has 6 nitrogen and oxygen atoms in total. The van der Waals surface area contributed by atoms with Crippen LogP contribution in [0.1, 0.15) is 13.8 Å². The maximum atomic E-state index is 10.9. The zero-order valence-corrected chi connectivity index (χ0v) is 8.22. The van der Waals surface area contributed by atoms with Crippen LogP contribution in [-0.4, -0.2) is 20.7 Å². The standard InChI is InChI=1S/C6H12N4O2S/c1-4(2)9-6-5(7)3-8-13(11,12)10-6/h3-4,9-10H,7H2,1-2H3. The Labute approximate surface area is 77.1 Å². The van der Waals surface area contributed by atoms with Crippen LogP contribution in [0.2, 0.25) is 0 Å². The third-order valence-electron chi connectivity index (χ3n) is 1.28. The molecule has 0 saturated heterocycles. The summed E-state index contributed by atoms with van der Waals surface area (Å²) < 4.78 is 27.3. The van der Waals surface area contributed by atoms with Gasteiger partial charge in [-0.3, -0.25) is 0 Å².